The van der Waals surface area contributed by atoms with E-state index in [1.165, 1.54) is 0 Å². The van der Waals surface area contributed by atoms with Crippen molar-refractivity contribution < 1.29 is 4.39 Å². The van der Waals surface area contributed by atoms with Crippen molar-refractivity contribution in [1.29, 1.82) is 0 Å². The maximum atomic E-state index is 13.5. The van der Waals surface area contributed by atoms with Crippen molar-refractivity contribution in [3.63, 3.8) is 0 Å². The van der Waals surface area contributed by atoms with E-state index in [1.54, 1.807) is 12.1 Å². The molecule has 0 heterocycles. The first-order valence-corrected chi connectivity index (χ1v) is 5.26. The first kappa shape index (κ1) is 11.6. The summed E-state index contributed by atoms with van der Waals surface area (Å²) in [6, 6.07) is 5.31. The molecule has 0 amide bonds. The van der Waals surface area contributed by atoms with Crippen LogP contribution in [-0.2, 0) is 6.54 Å². The highest BCUT2D eigenvalue weighted by Gasteiger charge is 2.07. The normalized spacial score (nSPS) is 10.9. The third kappa shape index (κ3) is 3.04. The van der Waals surface area contributed by atoms with Gasteiger partial charge in [-0.3, -0.25) is 0 Å². The number of hydrogen-bond acceptors (Lipinski definition) is 2. The van der Waals surface area contributed by atoms with E-state index in [0.29, 0.717) is 23.1 Å². The lowest BCUT2D eigenvalue weighted by atomic mass is 10.2. The molecule has 0 saturated heterocycles. The van der Waals surface area contributed by atoms with E-state index in [1.807, 2.05) is 18.0 Å². The number of benzene rings is 1. The second kappa shape index (κ2) is 5.44. The molecule has 0 aromatic heterocycles. The highest BCUT2D eigenvalue weighted by atomic mass is 79.9. The lowest BCUT2D eigenvalue weighted by Crippen LogP contribution is -2.25. The molecule has 0 atom stereocenters. The summed E-state index contributed by atoms with van der Waals surface area (Å²) in [5.41, 5.74) is 6.10. The Labute approximate surface area is 92.0 Å². The summed E-state index contributed by atoms with van der Waals surface area (Å²) in [5.74, 6) is -0.184. The fourth-order valence-electron chi connectivity index (χ4n) is 1.26. The molecule has 0 bridgehead atoms. The van der Waals surface area contributed by atoms with Gasteiger partial charge in [-0.05, 0) is 29.0 Å². The highest BCUT2D eigenvalue weighted by Crippen LogP contribution is 2.19. The summed E-state index contributed by atoms with van der Waals surface area (Å²) in [4.78, 5) is 1.99. The third-order valence-corrected chi connectivity index (χ3v) is 2.60. The fourth-order valence-corrected chi connectivity index (χ4v) is 1.67. The number of halogens is 2. The molecule has 4 heteroatoms. The van der Waals surface area contributed by atoms with Gasteiger partial charge < -0.3 is 10.6 Å². The molecule has 0 aliphatic heterocycles. The van der Waals surface area contributed by atoms with Crippen LogP contribution in [-0.4, -0.2) is 25.0 Å². The van der Waals surface area contributed by atoms with Crippen LogP contribution in [0.15, 0.2) is 22.7 Å². The molecule has 1 rings (SSSR count). The molecular weight excluding hydrogens is 247 g/mol. The molecule has 0 aliphatic carbocycles. The monoisotopic (exact) mass is 260 g/mol. The van der Waals surface area contributed by atoms with E-state index in [0.717, 1.165) is 6.54 Å². The Hall–Kier alpha value is -0.450. The topological polar surface area (TPSA) is 29.3 Å². The summed E-state index contributed by atoms with van der Waals surface area (Å²) in [5, 5.41) is 0. The second-order valence-corrected chi connectivity index (χ2v) is 4.09. The quantitative estimate of drug-likeness (QED) is 0.898. The molecule has 0 aliphatic rings. The molecule has 0 radical (unpaired) electrons. The van der Waals surface area contributed by atoms with Gasteiger partial charge in [0.1, 0.15) is 5.82 Å². The van der Waals surface area contributed by atoms with Crippen molar-refractivity contribution in [1.82, 2.24) is 4.90 Å². The minimum Gasteiger partial charge on any atom is -0.329 e. The Kier molecular flexibility index (Phi) is 4.51. The van der Waals surface area contributed by atoms with Crippen LogP contribution >= 0.6 is 15.9 Å². The first-order chi connectivity index (χ1) is 6.65. The molecule has 78 valence electrons. The van der Waals surface area contributed by atoms with Crippen molar-refractivity contribution in [3.8, 4) is 0 Å². The predicted molar refractivity (Wildman–Crippen MR) is 59.5 cm³/mol. The van der Waals surface area contributed by atoms with Gasteiger partial charge in [0.05, 0.1) is 4.47 Å². The van der Waals surface area contributed by atoms with Crippen LogP contribution in [0.25, 0.3) is 0 Å². The Balaban J connectivity index is 2.71. The number of rotatable bonds is 4. The van der Waals surface area contributed by atoms with Gasteiger partial charge in [0, 0.05) is 25.2 Å². The van der Waals surface area contributed by atoms with E-state index >= 15 is 0 Å². The van der Waals surface area contributed by atoms with Gasteiger partial charge in [-0.25, -0.2) is 4.39 Å². The Morgan fingerprint density at radius 3 is 2.86 bits per heavy atom. The third-order valence-electron chi connectivity index (χ3n) is 1.98. The van der Waals surface area contributed by atoms with Gasteiger partial charge in [-0.15, -0.1) is 0 Å². The Bertz CT molecular complexity index is 304. The van der Waals surface area contributed by atoms with Gasteiger partial charge in [0.25, 0.3) is 0 Å². The molecule has 1 aromatic rings. The predicted octanol–water partition coefficient (Wildman–Crippen LogP) is 1.98. The van der Waals surface area contributed by atoms with E-state index in [4.69, 9.17) is 5.73 Å². The van der Waals surface area contributed by atoms with Gasteiger partial charge in [-0.2, -0.15) is 0 Å². The average molecular weight is 261 g/mol. The molecular formula is C10H14BrFN2. The molecule has 0 spiro atoms. The number of likely N-dealkylation sites (N-methyl/N-ethyl adjacent to an activating group) is 1. The molecule has 0 fully saturated rings. The lowest BCUT2D eigenvalue weighted by molar-refractivity contribution is 0.330. The summed E-state index contributed by atoms with van der Waals surface area (Å²) in [6.07, 6.45) is 0. The molecule has 1 aromatic carbocycles. The van der Waals surface area contributed by atoms with Gasteiger partial charge >= 0.3 is 0 Å². The fraction of sp³-hybridized carbons (Fsp3) is 0.400. The number of nitrogens with two attached hydrogens (primary N) is 1. The van der Waals surface area contributed by atoms with Crippen LogP contribution in [0, 0.1) is 5.82 Å². The maximum absolute atomic E-state index is 13.5. The molecule has 2 nitrogen and oxygen atoms in total. The summed E-state index contributed by atoms with van der Waals surface area (Å²) in [6.45, 7) is 1.94. The van der Waals surface area contributed by atoms with E-state index in [-0.39, 0.29) is 5.82 Å². The molecule has 0 unspecified atom stereocenters. The van der Waals surface area contributed by atoms with Gasteiger partial charge in [0.2, 0.25) is 0 Å². The largest absolute Gasteiger partial charge is 0.329 e. The van der Waals surface area contributed by atoms with Crippen molar-refractivity contribution in [3.05, 3.63) is 34.1 Å². The number of nitrogens with zero attached hydrogens (tertiary/aromatic N) is 1. The van der Waals surface area contributed by atoms with E-state index in [2.05, 4.69) is 15.9 Å². The Morgan fingerprint density at radius 2 is 2.21 bits per heavy atom. The summed E-state index contributed by atoms with van der Waals surface area (Å²) < 4.78 is 14.0. The van der Waals surface area contributed by atoms with Crippen LogP contribution in [0.4, 0.5) is 4.39 Å². The summed E-state index contributed by atoms with van der Waals surface area (Å²) in [7, 11) is 1.92. The van der Waals surface area contributed by atoms with Crippen LogP contribution < -0.4 is 5.73 Å². The zero-order chi connectivity index (χ0) is 10.6. The maximum Gasteiger partial charge on any atom is 0.141 e. The lowest BCUT2D eigenvalue weighted by Gasteiger charge is -2.15. The SMILES string of the molecule is CN(CCN)Cc1cccc(Br)c1F. The van der Waals surface area contributed by atoms with Gasteiger partial charge in [0.15, 0.2) is 0 Å². The Morgan fingerprint density at radius 1 is 1.50 bits per heavy atom. The van der Waals surface area contributed by atoms with Crippen molar-refractivity contribution >= 4 is 15.9 Å². The minimum atomic E-state index is -0.184. The zero-order valence-electron chi connectivity index (χ0n) is 8.13. The average Bonchev–Trinajstić information content (AvgIpc) is 2.13. The second-order valence-electron chi connectivity index (χ2n) is 3.24. The molecule has 0 saturated carbocycles. The van der Waals surface area contributed by atoms with Crippen molar-refractivity contribution in [2.75, 3.05) is 20.1 Å². The summed E-state index contributed by atoms with van der Waals surface area (Å²) >= 11 is 3.16. The van der Waals surface area contributed by atoms with Crippen LogP contribution in [0.1, 0.15) is 5.56 Å². The first-order valence-electron chi connectivity index (χ1n) is 4.46. The number of hydrogen-bond donors (Lipinski definition) is 1. The van der Waals surface area contributed by atoms with Crippen LogP contribution in [0.3, 0.4) is 0 Å². The minimum absolute atomic E-state index is 0.184. The van der Waals surface area contributed by atoms with Gasteiger partial charge in [-0.1, -0.05) is 12.1 Å². The van der Waals surface area contributed by atoms with Crippen molar-refractivity contribution in [2.45, 2.75) is 6.54 Å². The van der Waals surface area contributed by atoms with Crippen LogP contribution in [0.5, 0.6) is 0 Å². The smallest absolute Gasteiger partial charge is 0.141 e. The molecule has 14 heavy (non-hydrogen) atoms. The van der Waals surface area contributed by atoms with E-state index < -0.39 is 0 Å². The van der Waals surface area contributed by atoms with Crippen LogP contribution in [0.2, 0.25) is 0 Å². The zero-order valence-corrected chi connectivity index (χ0v) is 9.72. The van der Waals surface area contributed by atoms with Crippen molar-refractivity contribution in [2.24, 2.45) is 5.73 Å². The molecule has 2 N–H and O–H groups in total. The van der Waals surface area contributed by atoms with E-state index in [9.17, 15) is 4.39 Å². The highest BCUT2D eigenvalue weighted by molar-refractivity contribution is 9.10. The standard InChI is InChI=1S/C10H14BrFN2/c1-14(6-5-13)7-8-3-2-4-9(11)10(8)12/h2-4H,5-7,13H2,1H3.